The SMILES string of the molecule is Cc1nc(NC(C)c2cccc(C(F)F)c2F)c2cc(NC3CCC(C)(O)CC3)ncc2n1. The Balaban J connectivity index is 1.61. The number of aliphatic hydroxyl groups is 1. The van der Waals surface area contributed by atoms with Crippen LogP contribution in [0.3, 0.4) is 0 Å². The molecule has 2 heterocycles. The van der Waals surface area contributed by atoms with E-state index < -0.39 is 29.4 Å². The van der Waals surface area contributed by atoms with Crippen LogP contribution in [0.25, 0.3) is 10.9 Å². The van der Waals surface area contributed by atoms with Crippen molar-refractivity contribution in [3.05, 3.63) is 53.2 Å². The molecule has 4 rings (SSSR count). The van der Waals surface area contributed by atoms with Gasteiger partial charge in [0.15, 0.2) is 0 Å². The molecule has 2 aromatic heterocycles. The third-order valence-corrected chi connectivity index (χ3v) is 6.22. The maximum atomic E-state index is 14.7. The molecule has 1 unspecified atom stereocenters. The summed E-state index contributed by atoms with van der Waals surface area (Å²) in [6.45, 7) is 5.30. The van der Waals surface area contributed by atoms with Crippen molar-refractivity contribution in [2.24, 2.45) is 0 Å². The highest BCUT2D eigenvalue weighted by Gasteiger charge is 2.28. The smallest absolute Gasteiger partial charge is 0.266 e. The van der Waals surface area contributed by atoms with Gasteiger partial charge in [0.2, 0.25) is 0 Å². The number of nitrogens with zero attached hydrogens (tertiary/aromatic N) is 3. The molecule has 1 aliphatic rings. The minimum absolute atomic E-state index is 0.138. The van der Waals surface area contributed by atoms with E-state index in [1.807, 2.05) is 13.0 Å². The molecule has 3 N–H and O–H groups in total. The average Bonchev–Trinajstić information content (AvgIpc) is 2.75. The van der Waals surface area contributed by atoms with E-state index in [1.54, 1.807) is 20.0 Å². The van der Waals surface area contributed by atoms with Crippen molar-refractivity contribution in [1.82, 2.24) is 15.0 Å². The number of aromatic nitrogens is 3. The van der Waals surface area contributed by atoms with Gasteiger partial charge >= 0.3 is 0 Å². The molecule has 0 amide bonds. The highest BCUT2D eigenvalue weighted by atomic mass is 19.3. The molecule has 0 radical (unpaired) electrons. The minimum atomic E-state index is -2.89. The number of hydrogen-bond acceptors (Lipinski definition) is 6. The van der Waals surface area contributed by atoms with Gasteiger partial charge in [-0.15, -0.1) is 0 Å². The molecule has 0 spiro atoms. The fourth-order valence-corrected chi connectivity index (χ4v) is 4.28. The van der Waals surface area contributed by atoms with Gasteiger partial charge in [-0.05, 0) is 52.5 Å². The summed E-state index contributed by atoms with van der Waals surface area (Å²) in [6, 6.07) is 5.43. The topological polar surface area (TPSA) is 83.0 Å². The van der Waals surface area contributed by atoms with Crippen molar-refractivity contribution in [2.75, 3.05) is 10.6 Å². The highest BCUT2D eigenvalue weighted by Crippen LogP contribution is 2.32. The van der Waals surface area contributed by atoms with Crippen molar-refractivity contribution in [3.63, 3.8) is 0 Å². The minimum Gasteiger partial charge on any atom is -0.390 e. The number of nitrogens with one attached hydrogen (secondary N) is 2. The zero-order valence-corrected chi connectivity index (χ0v) is 18.9. The molecule has 3 aromatic rings. The Morgan fingerprint density at radius 3 is 2.55 bits per heavy atom. The van der Waals surface area contributed by atoms with E-state index in [0.717, 1.165) is 18.9 Å². The first-order valence-electron chi connectivity index (χ1n) is 11.1. The van der Waals surface area contributed by atoms with Gasteiger partial charge in [0.05, 0.1) is 28.9 Å². The summed E-state index contributed by atoms with van der Waals surface area (Å²) in [7, 11) is 0. The molecule has 1 aromatic carbocycles. The van der Waals surface area contributed by atoms with E-state index in [4.69, 9.17) is 0 Å². The predicted octanol–water partition coefficient (Wildman–Crippen LogP) is 5.69. The first-order chi connectivity index (χ1) is 15.6. The van der Waals surface area contributed by atoms with E-state index in [2.05, 4.69) is 25.6 Å². The second-order valence-electron chi connectivity index (χ2n) is 9.04. The van der Waals surface area contributed by atoms with E-state index in [9.17, 15) is 18.3 Å². The predicted molar refractivity (Wildman–Crippen MR) is 122 cm³/mol. The summed E-state index contributed by atoms with van der Waals surface area (Å²) in [6.07, 6.45) is 1.86. The molecule has 0 bridgehead atoms. The molecule has 9 heteroatoms. The second kappa shape index (κ2) is 9.13. The summed E-state index contributed by atoms with van der Waals surface area (Å²) in [5, 5.41) is 17.4. The van der Waals surface area contributed by atoms with Gasteiger partial charge in [0, 0.05) is 17.0 Å². The van der Waals surface area contributed by atoms with Crippen LogP contribution in [0.1, 0.15) is 68.9 Å². The van der Waals surface area contributed by atoms with Crippen LogP contribution in [-0.4, -0.2) is 31.7 Å². The van der Waals surface area contributed by atoms with Gasteiger partial charge in [-0.3, -0.25) is 0 Å². The summed E-state index contributed by atoms with van der Waals surface area (Å²) in [4.78, 5) is 13.4. The summed E-state index contributed by atoms with van der Waals surface area (Å²) in [5.74, 6) is 0.725. The average molecular weight is 460 g/mol. The molecule has 0 saturated heterocycles. The maximum absolute atomic E-state index is 14.7. The number of pyridine rings is 1. The van der Waals surface area contributed by atoms with E-state index >= 15 is 0 Å². The molecular formula is C24H28F3N5O. The molecule has 0 aliphatic heterocycles. The molecule has 1 atom stereocenters. The molecule has 1 fully saturated rings. The van der Waals surface area contributed by atoms with Crippen LogP contribution in [0.4, 0.5) is 24.8 Å². The molecule has 1 aliphatic carbocycles. The van der Waals surface area contributed by atoms with Crippen LogP contribution in [-0.2, 0) is 0 Å². The van der Waals surface area contributed by atoms with E-state index in [0.29, 0.717) is 41.2 Å². The number of hydrogen-bond donors (Lipinski definition) is 3. The van der Waals surface area contributed by atoms with Crippen LogP contribution >= 0.6 is 0 Å². The third-order valence-electron chi connectivity index (χ3n) is 6.22. The lowest BCUT2D eigenvalue weighted by atomic mass is 9.84. The maximum Gasteiger partial charge on any atom is 0.266 e. The van der Waals surface area contributed by atoms with Crippen molar-refractivity contribution in [2.45, 2.75) is 70.6 Å². The van der Waals surface area contributed by atoms with Crippen LogP contribution in [0.5, 0.6) is 0 Å². The molecule has 1 saturated carbocycles. The first kappa shape index (κ1) is 23.2. The lowest BCUT2D eigenvalue weighted by Crippen LogP contribution is -2.35. The number of benzene rings is 1. The highest BCUT2D eigenvalue weighted by molar-refractivity contribution is 5.90. The lowest BCUT2D eigenvalue weighted by Gasteiger charge is -2.33. The van der Waals surface area contributed by atoms with Crippen molar-refractivity contribution < 1.29 is 18.3 Å². The Labute approximate surface area is 190 Å². The number of alkyl halides is 2. The van der Waals surface area contributed by atoms with E-state index in [-0.39, 0.29) is 11.6 Å². The molecule has 33 heavy (non-hydrogen) atoms. The monoisotopic (exact) mass is 459 g/mol. The summed E-state index contributed by atoms with van der Waals surface area (Å²) in [5.41, 5.74) is -0.480. The Morgan fingerprint density at radius 1 is 1.15 bits per heavy atom. The first-order valence-corrected chi connectivity index (χ1v) is 11.1. The number of halogens is 3. The van der Waals surface area contributed by atoms with Gasteiger partial charge in [-0.25, -0.2) is 28.1 Å². The van der Waals surface area contributed by atoms with Crippen molar-refractivity contribution in [3.8, 4) is 0 Å². The van der Waals surface area contributed by atoms with Crippen LogP contribution in [0.15, 0.2) is 30.5 Å². The second-order valence-corrected chi connectivity index (χ2v) is 9.04. The zero-order chi connectivity index (χ0) is 23.8. The van der Waals surface area contributed by atoms with Gasteiger partial charge in [0.25, 0.3) is 6.43 Å². The normalized spacial score (nSPS) is 21.9. The van der Waals surface area contributed by atoms with Gasteiger partial charge in [-0.2, -0.15) is 0 Å². The number of rotatable bonds is 6. The van der Waals surface area contributed by atoms with E-state index in [1.165, 1.54) is 12.1 Å². The number of anilines is 2. The Morgan fingerprint density at radius 2 is 1.85 bits per heavy atom. The molecular weight excluding hydrogens is 431 g/mol. The molecule has 6 nitrogen and oxygen atoms in total. The Hall–Kier alpha value is -2.94. The third kappa shape index (κ3) is 5.19. The lowest BCUT2D eigenvalue weighted by molar-refractivity contribution is 0.0196. The fourth-order valence-electron chi connectivity index (χ4n) is 4.28. The van der Waals surface area contributed by atoms with Gasteiger partial charge < -0.3 is 15.7 Å². The van der Waals surface area contributed by atoms with Crippen molar-refractivity contribution >= 4 is 22.5 Å². The summed E-state index contributed by atoms with van der Waals surface area (Å²) >= 11 is 0. The zero-order valence-electron chi connectivity index (χ0n) is 18.9. The van der Waals surface area contributed by atoms with Crippen LogP contribution in [0.2, 0.25) is 0 Å². The van der Waals surface area contributed by atoms with Gasteiger partial charge in [0.1, 0.15) is 23.3 Å². The molecule has 176 valence electrons. The Bertz CT molecular complexity index is 1140. The quantitative estimate of drug-likeness (QED) is 0.439. The van der Waals surface area contributed by atoms with Crippen molar-refractivity contribution in [1.29, 1.82) is 0 Å². The number of fused-ring (bicyclic) bond motifs is 1. The van der Waals surface area contributed by atoms with Crippen LogP contribution < -0.4 is 10.6 Å². The largest absolute Gasteiger partial charge is 0.390 e. The number of aryl methyl sites for hydroxylation is 1. The fraction of sp³-hybridized carbons (Fsp3) is 0.458. The van der Waals surface area contributed by atoms with Crippen LogP contribution in [0, 0.1) is 12.7 Å². The van der Waals surface area contributed by atoms with Gasteiger partial charge in [-0.1, -0.05) is 18.2 Å². The Kier molecular flexibility index (Phi) is 6.43. The summed E-state index contributed by atoms with van der Waals surface area (Å²) < 4.78 is 40.9. The standard InChI is InChI=1S/C24H28F3N5O/c1-13(16-5-4-6-17(21(16)25)22(26)27)29-23-18-11-20(28-12-19(18)30-14(2)31-23)32-15-7-9-24(3,33)10-8-15/h4-6,11-13,15,22,33H,7-10H2,1-3H3,(H,28,32)(H,29,30,31).